The van der Waals surface area contributed by atoms with Crippen LogP contribution in [0.3, 0.4) is 0 Å². The van der Waals surface area contributed by atoms with E-state index in [2.05, 4.69) is 11.9 Å². The van der Waals surface area contributed by atoms with Crippen LogP contribution in [0.5, 0.6) is 11.5 Å². The lowest BCUT2D eigenvalue weighted by Gasteiger charge is -2.14. The largest absolute Gasteiger partial charge is 0.493 e. The van der Waals surface area contributed by atoms with E-state index in [1.54, 1.807) is 13.2 Å². The zero-order valence-electron chi connectivity index (χ0n) is 14.3. The molecule has 0 bridgehead atoms. The number of carbonyl (C=O) groups is 1. The normalized spacial score (nSPS) is 15.5. The lowest BCUT2D eigenvalue weighted by molar-refractivity contribution is -0.117. The van der Waals surface area contributed by atoms with E-state index in [1.165, 1.54) is 0 Å². The molecule has 130 valence electrons. The van der Waals surface area contributed by atoms with E-state index in [1.807, 2.05) is 37.3 Å². The van der Waals surface area contributed by atoms with Gasteiger partial charge in [0.2, 0.25) is 5.91 Å². The molecule has 1 amide bonds. The number of rotatable bonds is 6. The summed E-state index contributed by atoms with van der Waals surface area (Å²) in [5, 5.41) is 3.50. The molecule has 2 aromatic carbocycles. The summed E-state index contributed by atoms with van der Waals surface area (Å²) in [5.41, 5.74) is 3.69. The van der Waals surface area contributed by atoms with E-state index in [-0.39, 0.29) is 11.8 Å². The first kappa shape index (κ1) is 17.4. The van der Waals surface area contributed by atoms with Gasteiger partial charge in [0, 0.05) is 10.7 Å². The third-order valence-electron chi connectivity index (χ3n) is 4.11. The number of methoxy groups -OCH3 is 1. The molecule has 0 saturated carbocycles. The highest BCUT2D eigenvalue weighted by atomic mass is 35.5. The fraction of sp³-hybridized carbons (Fsp3) is 0.250. The van der Waals surface area contributed by atoms with Gasteiger partial charge < -0.3 is 14.8 Å². The van der Waals surface area contributed by atoms with Crippen molar-refractivity contribution in [2.24, 2.45) is 0 Å². The van der Waals surface area contributed by atoms with E-state index < -0.39 is 0 Å². The van der Waals surface area contributed by atoms with Gasteiger partial charge in [-0.25, -0.2) is 0 Å². The van der Waals surface area contributed by atoms with Gasteiger partial charge in [-0.3, -0.25) is 4.79 Å². The summed E-state index contributed by atoms with van der Waals surface area (Å²) in [6.07, 6.45) is 0.581. The van der Waals surface area contributed by atoms with Crippen LogP contribution in [0.2, 0.25) is 5.02 Å². The number of hydrogen-bond donors (Lipinski definition) is 1. The first-order chi connectivity index (χ1) is 12.0. The Morgan fingerprint density at radius 1 is 1.24 bits per heavy atom. The standard InChI is InChI=1S/C20H20ClNO3/c1-12(2)11-25-18-7-4-13(9-19(18)24-3)8-16-15-6-5-14(21)10-17(15)22-20(16)23/h4-7,9-10,16H,1,8,11H2,2-3H3,(H,22,23). The smallest absolute Gasteiger partial charge is 0.232 e. The zero-order valence-corrected chi connectivity index (χ0v) is 15.0. The summed E-state index contributed by atoms with van der Waals surface area (Å²) in [4.78, 5) is 12.3. The third-order valence-corrected chi connectivity index (χ3v) is 4.34. The number of benzene rings is 2. The number of hydrogen-bond acceptors (Lipinski definition) is 3. The van der Waals surface area contributed by atoms with Crippen molar-refractivity contribution in [3.63, 3.8) is 0 Å². The second kappa shape index (κ2) is 7.19. The number of amides is 1. The quantitative estimate of drug-likeness (QED) is 0.769. The van der Waals surface area contributed by atoms with Crippen molar-refractivity contribution in [3.8, 4) is 11.5 Å². The number of anilines is 1. The van der Waals surface area contributed by atoms with Crippen LogP contribution in [0.4, 0.5) is 5.69 Å². The molecule has 1 heterocycles. The fourth-order valence-electron chi connectivity index (χ4n) is 2.90. The van der Waals surface area contributed by atoms with E-state index in [0.717, 1.165) is 22.4 Å². The number of fused-ring (bicyclic) bond motifs is 1. The summed E-state index contributed by atoms with van der Waals surface area (Å²) in [6, 6.07) is 11.2. The third kappa shape index (κ3) is 3.80. The Hall–Kier alpha value is -2.46. The molecule has 1 atom stereocenters. The van der Waals surface area contributed by atoms with Crippen LogP contribution < -0.4 is 14.8 Å². The van der Waals surface area contributed by atoms with Gasteiger partial charge in [0.25, 0.3) is 0 Å². The van der Waals surface area contributed by atoms with Gasteiger partial charge in [0.15, 0.2) is 11.5 Å². The van der Waals surface area contributed by atoms with Gasteiger partial charge in [-0.05, 0) is 54.3 Å². The van der Waals surface area contributed by atoms with Crippen molar-refractivity contribution in [1.29, 1.82) is 0 Å². The fourth-order valence-corrected chi connectivity index (χ4v) is 3.07. The highest BCUT2D eigenvalue weighted by Gasteiger charge is 2.30. The average molecular weight is 358 g/mol. The lowest BCUT2D eigenvalue weighted by atomic mass is 9.93. The molecule has 25 heavy (non-hydrogen) atoms. The van der Waals surface area contributed by atoms with Gasteiger partial charge in [0.05, 0.1) is 13.0 Å². The second-order valence-corrected chi connectivity index (χ2v) is 6.64. The summed E-state index contributed by atoms with van der Waals surface area (Å²) < 4.78 is 11.1. The lowest BCUT2D eigenvalue weighted by Crippen LogP contribution is -2.14. The maximum absolute atomic E-state index is 12.3. The highest BCUT2D eigenvalue weighted by Crippen LogP contribution is 2.37. The van der Waals surface area contributed by atoms with E-state index >= 15 is 0 Å². The Morgan fingerprint density at radius 2 is 2.04 bits per heavy atom. The minimum Gasteiger partial charge on any atom is -0.493 e. The number of ether oxygens (including phenoxy) is 2. The molecule has 2 aromatic rings. The van der Waals surface area contributed by atoms with Gasteiger partial charge in [0.1, 0.15) is 6.61 Å². The van der Waals surface area contributed by atoms with Crippen LogP contribution in [0.1, 0.15) is 24.0 Å². The Labute approximate surface area is 152 Å². The molecule has 1 aliphatic rings. The molecule has 3 rings (SSSR count). The monoisotopic (exact) mass is 357 g/mol. The van der Waals surface area contributed by atoms with Crippen molar-refractivity contribution < 1.29 is 14.3 Å². The summed E-state index contributed by atoms with van der Waals surface area (Å²) >= 11 is 6.00. The SMILES string of the molecule is C=C(C)COc1ccc(CC2C(=O)Nc3cc(Cl)ccc32)cc1OC. The molecule has 0 aromatic heterocycles. The molecular formula is C20H20ClNO3. The van der Waals surface area contributed by atoms with Gasteiger partial charge in [-0.15, -0.1) is 0 Å². The molecule has 1 N–H and O–H groups in total. The zero-order chi connectivity index (χ0) is 18.0. The van der Waals surface area contributed by atoms with Crippen LogP contribution in [-0.4, -0.2) is 19.6 Å². The molecule has 4 nitrogen and oxygen atoms in total. The number of nitrogens with one attached hydrogen (secondary N) is 1. The maximum Gasteiger partial charge on any atom is 0.232 e. The molecule has 1 aliphatic heterocycles. The van der Waals surface area contributed by atoms with Crippen LogP contribution in [-0.2, 0) is 11.2 Å². The highest BCUT2D eigenvalue weighted by molar-refractivity contribution is 6.31. The Balaban J connectivity index is 1.82. The van der Waals surface area contributed by atoms with Crippen molar-refractivity contribution >= 4 is 23.2 Å². The van der Waals surface area contributed by atoms with Crippen LogP contribution in [0.25, 0.3) is 0 Å². The minimum atomic E-state index is -0.237. The van der Waals surface area contributed by atoms with E-state index in [9.17, 15) is 4.79 Å². The number of carbonyl (C=O) groups excluding carboxylic acids is 1. The molecule has 1 unspecified atom stereocenters. The molecule has 0 aliphatic carbocycles. The Bertz CT molecular complexity index is 832. The second-order valence-electron chi connectivity index (χ2n) is 6.21. The predicted octanol–water partition coefficient (Wildman–Crippen LogP) is 4.58. The van der Waals surface area contributed by atoms with Crippen molar-refractivity contribution in [1.82, 2.24) is 0 Å². The van der Waals surface area contributed by atoms with E-state index in [0.29, 0.717) is 29.5 Å². The summed E-state index contributed by atoms with van der Waals surface area (Å²) in [7, 11) is 1.60. The maximum atomic E-state index is 12.3. The predicted molar refractivity (Wildman–Crippen MR) is 99.8 cm³/mol. The summed E-state index contributed by atoms with van der Waals surface area (Å²) in [6.45, 7) is 6.17. The molecule has 0 radical (unpaired) electrons. The Kier molecular flexibility index (Phi) is 5.00. The first-order valence-corrected chi connectivity index (χ1v) is 8.40. The van der Waals surface area contributed by atoms with Crippen molar-refractivity contribution in [2.45, 2.75) is 19.3 Å². The topological polar surface area (TPSA) is 47.6 Å². The molecule has 0 saturated heterocycles. The van der Waals surface area contributed by atoms with Crippen LogP contribution in [0.15, 0.2) is 48.6 Å². The van der Waals surface area contributed by atoms with Crippen LogP contribution >= 0.6 is 11.6 Å². The first-order valence-electron chi connectivity index (χ1n) is 8.02. The van der Waals surface area contributed by atoms with Gasteiger partial charge in [-0.1, -0.05) is 30.3 Å². The van der Waals surface area contributed by atoms with Gasteiger partial charge in [-0.2, -0.15) is 0 Å². The van der Waals surface area contributed by atoms with Crippen molar-refractivity contribution in [3.05, 3.63) is 64.7 Å². The molecular weight excluding hydrogens is 338 g/mol. The Morgan fingerprint density at radius 3 is 2.76 bits per heavy atom. The molecule has 0 fully saturated rings. The average Bonchev–Trinajstić information content (AvgIpc) is 2.88. The van der Waals surface area contributed by atoms with Gasteiger partial charge >= 0.3 is 0 Å². The molecule has 0 spiro atoms. The molecule has 5 heteroatoms. The number of halogens is 1. The van der Waals surface area contributed by atoms with Crippen LogP contribution in [0, 0.1) is 0 Å². The van der Waals surface area contributed by atoms with Crippen molar-refractivity contribution in [2.75, 3.05) is 19.0 Å². The minimum absolute atomic E-state index is 0.0150. The summed E-state index contributed by atoms with van der Waals surface area (Å²) in [5.74, 6) is 1.06. The van der Waals surface area contributed by atoms with E-state index in [4.69, 9.17) is 21.1 Å².